The predicted octanol–water partition coefficient (Wildman–Crippen LogP) is 3.66. The summed E-state index contributed by atoms with van der Waals surface area (Å²) in [5.74, 6) is -0.984. The van der Waals surface area contributed by atoms with Crippen LogP contribution in [0.4, 0.5) is 10.2 Å². The number of anilines is 1. The van der Waals surface area contributed by atoms with Crippen LogP contribution >= 0.6 is 0 Å². The minimum absolute atomic E-state index is 0.0391. The zero-order valence-corrected chi connectivity index (χ0v) is 18.5. The van der Waals surface area contributed by atoms with Gasteiger partial charge in [-0.2, -0.15) is 9.40 Å². The minimum atomic E-state index is -4.04. The molecule has 1 amide bonds. The molecule has 164 valence electrons. The Morgan fingerprint density at radius 1 is 1.10 bits per heavy atom. The number of benzene rings is 2. The number of hydrogen-bond donors (Lipinski definition) is 1. The monoisotopic (exact) mass is 444 g/mol. The molecule has 0 aliphatic rings. The van der Waals surface area contributed by atoms with Crippen LogP contribution in [0.2, 0.25) is 0 Å². The molecule has 0 bridgehead atoms. The van der Waals surface area contributed by atoms with E-state index in [-0.39, 0.29) is 18.7 Å². The number of aromatic nitrogens is 2. The van der Waals surface area contributed by atoms with Gasteiger partial charge in [-0.25, -0.2) is 17.5 Å². The first-order chi connectivity index (χ1) is 14.8. The van der Waals surface area contributed by atoms with Crippen LogP contribution in [0.15, 0.2) is 59.5 Å². The molecule has 9 heteroatoms. The molecule has 0 aliphatic heterocycles. The van der Waals surface area contributed by atoms with Crippen LogP contribution in [0, 0.1) is 12.7 Å². The minimum Gasteiger partial charge on any atom is -0.307 e. The molecule has 1 heterocycles. The average Bonchev–Trinajstić information content (AvgIpc) is 3.08. The topological polar surface area (TPSA) is 84.3 Å². The fraction of sp³-hybridized carbons (Fsp3) is 0.273. The number of nitrogens with one attached hydrogen (secondary N) is 1. The summed E-state index contributed by atoms with van der Waals surface area (Å²) in [5.41, 5.74) is 1.77. The summed E-state index contributed by atoms with van der Waals surface area (Å²) < 4.78 is 42.6. The highest BCUT2D eigenvalue weighted by atomic mass is 32.2. The van der Waals surface area contributed by atoms with Gasteiger partial charge in [0.1, 0.15) is 16.5 Å². The molecule has 0 atom stereocenters. The third-order valence-corrected chi connectivity index (χ3v) is 6.90. The standard InChI is InChI=1S/C22H25FN4O3S/c1-4-26(5-2)31(29,30)20-14-18(11-12-19(20)23)22(28)24-21-13-16(3)25-27(21)15-17-9-7-6-8-10-17/h6-14H,4-5,15H2,1-3H3,(H,24,28). The lowest BCUT2D eigenvalue weighted by Gasteiger charge is -2.19. The van der Waals surface area contributed by atoms with E-state index in [1.807, 2.05) is 37.3 Å². The molecule has 0 unspecified atom stereocenters. The Labute approximate surface area is 181 Å². The molecule has 0 saturated carbocycles. The fourth-order valence-corrected chi connectivity index (χ4v) is 4.80. The van der Waals surface area contributed by atoms with Crippen molar-refractivity contribution < 1.29 is 17.6 Å². The van der Waals surface area contributed by atoms with Gasteiger partial charge in [-0.05, 0) is 30.7 Å². The number of nitrogens with zero attached hydrogens (tertiary/aromatic N) is 3. The van der Waals surface area contributed by atoms with E-state index in [0.29, 0.717) is 12.4 Å². The van der Waals surface area contributed by atoms with Crippen LogP contribution in [0.5, 0.6) is 0 Å². The lowest BCUT2D eigenvalue weighted by molar-refractivity contribution is 0.102. The summed E-state index contributed by atoms with van der Waals surface area (Å²) in [5, 5.41) is 7.16. The molecular formula is C22H25FN4O3S. The van der Waals surface area contributed by atoms with Crippen molar-refractivity contribution in [2.24, 2.45) is 0 Å². The van der Waals surface area contributed by atoms with E-state index in [4.69, 9.17) is 0 Å². The van der Waals surface area contributed by atoms with E-state index >= 15 is 0 Å². The molecule has 3 rings (SSSR count). The molecule has 1 N–H and O–H groups in total. The molecule has 0 saturated heterocycles. The maximum absolute atomic E-state index is 14.3. The van der Waals surface area contributed by atoms with Crippen molar-refractivity contribution >= 4 is 21.7 Å². The molecule has 0 radical (unpaired) electrons. The number of carbonyl (C=O) groups is 1. The van der Waals surface area contributed by atoms with Crippen LogP contribution in [0.1, 0.15) is 35.5 Å². The number of rotatable bonds is 8. The number of carbonyl (C=O) groups excluding carboxylic acids is 1. The van der Waals surface area contributed by atoms with Crippen LogP contribution in [-0.2, 0) is 16.6 Å². The Morgan fingerprint density at radius 3 is 2.42 bits per heavy atom. The summed E-state index contributed by atoms with van der Waals surface area (Å²) in [6.45, 7) is 6.01. The summed E-state index contributed by atoms with van der Waals surface area (Å²) in [6.07, 6.45) is 0. The van der Waals surface area contributed by atoms with Crippen molar-refractivity contribution in [2.75, 3.05) is 18.4 Å². The molecule has 1 aromatic heterocycles. The molecule has 0 fully saturated rings. The largest absolute Gasteiger partial charge is 0.307 e. The molecule has 0 aliphatic carbocycles. The zero-order chi connectivity index (χ0) is 22.6. The highest BCUT2D eigenvalue weighted by molar-refractivity contribution is 7.89. The highest BCUT2D eigenvalue weighted by Crippen LogP contribution is 2.22. The second-order valence-corrected chi connectivity index (χ2v) is 8.91. The molecular weight excluding hydrogens is 419 g/mol. The van der Waals surface area contributed by atoms with Crippen LogP contribution in [-0.4, -0.2) is 41.5 Å². The average molecular weight is 445 g/mol. The normalized spacial score (nSPS) is 11.6. The van der Waals surface area contributed by atoms with E-state index < -0.39 is 26.6 Å². The van der Waals surface area contributed by atoms with Gasteiger partial charge in [-0.3, -0.25) is 4.79 Å². The first-order valence-electron chi connectivity index (χ1n) is 9.95. The summed E-state index contributed by atoms with van der Waals surface area (Å²) >= 11 is 0. The number of aryl methyl sites for hydroxylation is 1. The van der Waals surface area contributed by atoms with E-state index in [2.05, 4.69) is 10.4 Å². The first kappa shape index (κ1) is 22.6. The van der Waals surface area contributed by atoms with E-state index in [0.717, 1.165) is 27.7 Å². The second-order valence-electron chi connectivity index (χ2n) is 7.00. The van der Waals surface area contributed by atoms with Gasteiger partial charge in [-0.1, -0.05) is 44.2 Å². The Bertz CT molecular complexity index is 1170. The summed E-state index contributed by atoms with van der Waals surface area (Å²) in [4.78, 5) is 12.3. The smallest absolute Gasteiger partial charge is 0.256 e. The number of hydrogen-bond acceptors (Lipinski definition) is 4. The number of amides is 1. The van der Waals surface area contributed by atoms with Gasteiger partial charge in [0.05, 0.1) is 12.2 Å². The Balaban J connectivity index is 1.88. The van der Waals surface area contributed by atoms with Crippen molar-refractivity contribution in [1.29, 1.82) is 0 Å². The maximum atomic E-state index is 14.3. The van der Waals surface area contributed by atoms with Gasteiger partial charge in [0.2, 0.25) is 10.0 Å². The van der Waals surface area contributed by atoms with Crippen molar-refractivity contribution in [3.63, 3.8) is 0 Å². The Kier molecular flexibility index (Phi) is 6.87. The predicted molar refractivity (Wildman–Crippen MR) is 117 cm³/mol. The van der Waals surface area contributed by atoms with Crippen molar-refractivity contribution in [3.05, 3.63) is 77.2 Å². The molecule has 3 aromatic rings. The van der Waals surface area contributed by atoms with Crippen molar-refractivity contribution in [2.45, 2.75) is 32.2 Å². The quantitative estimate of drug-likeness (QED) is 0.575. The van der Waals surface area contributed by atoms with E-state index in [1.54, 1.807) is 24.6 Å². The third-order valence-electron chi connectivity index (χ3n) is 4.84. The van der Waals surface area contributed by atoms with E-state index in [1.165, 1.54) is 6.07 Å². The highest BCUT2D eigenvalue weighted by Gasteiger charge is 2.26. The number of sulfonamides is 1. The summed E-state index contributed by atoms with van der Waals surface area (Å²) in [6, 6.07) is 14.7. The third kappa shape index (κ3) is 5.00. The Morgan fingerprint density at radius 2 is 1.77 bits per heavy atom. The SMILES string of the molecule is CCN(CC)S(=O)(=O)c1cc(C(=O)Nc2cc(C)nn2Cc2ccccc2)ccc1F. The molecule has 0 spiro atoms. The molecule has 31 heavy (non-hydrogen) atoms. The van der Waals surface area contributed by atoms with Crippen molar-refractivity contribution in [3.8, 4) is 0 Å². The molecule has 7 nitrogen and oxygen atoms in total. The maximum Gasteiger partial charge on any atom is 0.256 e. The van der Waals surface area contributed by atoms with Gasteiger partial charge in [0.15, 0.2) is 0 Å². The van der Waals surface area contributed by atoms with Crippen LogP contribution in [0.25, 0.3) is 0 Å². The van der Waals surface area contributed by atoms with Crippen LogP contribution in [0.3, 0.4) is 0 Å². The zero-order valence-electron chi connectivity index (χ0n) is 17.7. The summed E-state index contributed by atoms with van der Waals surface area (Å²) in [7, 11) is -4.04. The number of halogens is 1. The van der Waals surface area contributed by atoms with Gasteiger partial charge in [-0.15, -0.1) is 0 Å². The molecule has 2 aromatic carbocycles. The first-order valence-corrected chi connectivity index (χ1v) is 11.4. The lowest BCUT2D eigenvalue weighted by atomic mass is 10.2. The van der Waals surface area contributed by atoms with Crippen molar-refractivity contribution in [1.82, 2.24) is 14.1 Å². The second kappa shape index (κ2) is 9.40. The fourth-order valence-electron chi connectivity index (χ4n) is 3.26. The van der Waals surface area contributed by atoms with Gasteiger partial charge in [0.25, 0.3) is 5.91 Å². The van der Waals surface area contributed by atoms with Crippen LogP contribution < -0.4 is 5.32 Å². The van der Waals surface area contributed by atoms with Gasteiger partial charge in [0, 0.05) is 24.7 Å². The Hall–Kier alpha value is -3.04. The van der Waals surface area contributed by atoms with Gasteiger partial charge >= 0.3 is 0 Å². The van der Waals surface area contributed by atoms with E-state index in [9.17, 15) is 17.6 Å². The lowest BCUT2D eigenvalue weighted by Crippen LogP contribution is -2.31. The van der Waals surface area contributed by atoms with Gasteiger partial charge < -0.3 is 5.32 Å².